The van der Waals surface area contributed by atoms with Crippen molar-refractivity contribution in [3.63, 3.8) is 0 Å². The van der Waals surface area contributed by atoms with Gasteiger partial charge in [-0.15, -0.1) is 11.6 Å². The van der Waals surface area contributed by atoms with Crippen molar-refractivity contribution in [3.05, 3.63) is 71.3 Å². The van der Waals surface area contributed by atoms with Crippen molar-refractivity contribution in [1.29, 1.82) is 0 Å². The van der Waals surface area contributed by atoms with E-state index in [1.165, 1.54) is 11.6 Å². The second kappa shape index (κ2) is 7.57. The number of rotatable bonds is 5. The molecule has 0 bridgehead atoms. The van der Waals surface area contributed by atoms with E-state index < -0.39 is 0 Å². The molecule has 2 rings (SSSR count). The highest BCUT2D eigenvalue weighted by Gasteiger charge is 2.03. The van der Waals surface area contributed by atoms with Crippen LogP contribution in [0.1, 0.15) is 21.5 Å². The number of alkyl halides is 1. The molecule has 2 aromatic carbocycles. The first kappa shape index (κ1) is 16.0. The number of halogens is 1. The summed E-state index contributed by atoms with van der Waals surface area (Å²) >= 11 is 5.42. The minimum atomic E-state index is -0.278. The number of amides is 1. The van der Waals surface area contributed by atoms with Crippen molar-refractivity contribution in [3.8, 4) is 0 Å². The third-order valence-corrected chi connectivity index (χ3v) is 3.32. The number of aryl methyl sites for hydroxylation is 1. The topological polar surface area (TPSA) is 46.2 Å². The Balaban J connectivity index is 2.03. The van der Waals surface area contributed by atoms with E-state index in [4.69, 9.17) is 11.6 Å². The maximum Gasteiger partial charge on any atom is 0.239 e. The van der Waals surface area contributed by atoms with E-state index in [0.717, 1.165) is 5.56 Å². The molecule has 0 aliphatic carbocycles. The molecule has 1 N–H and O–H groups in total. The predicted octanol–water partition coefficient (Wildman–Crippen LogP) is 4.07. The molecule has 0 aliphatic rings. The summed E-state index contributed by atoms with van der Waals surface area (Å²) < 4.78 is 0. The Morgan fingerprint density at radius 3 is 2.27 bits per heavy atom. The van der Waals surface area contributed by atoms with Crippen LogP contribution < -0.4 is 5.32 Å². The molecule has 4 heteroatoms. The lowest BCUT2D eigenvalue weighted by atomic mass is 10.1. The minimum absolute atomic E-state index is 0.0872. The van der Waals surface area contributed by atoms with Crippen LogP contribution in [-0.4, -0.2) is 17.6 Å². The van der Waals surface area contributed by atoms with Crippen LogP contribution >= 0.6 is 11.6 Å². The van der Waals surface area contributed by atoms with Gasteiger partial charge in [0.2, 0.25) is 5.91 Å². The zero-order valence-corrected chi connectivity index (χ0v) is 12.9. The molecule has 112 valence electrons. The van der Waals surface area contributed by atoms with Crippen LogP contribution in [0.2, 0.25) is 0 Å². The van der Waals surface area contributed by atoms with Crippen LogP contribution in [0.5, 0.6) is 0 Å². The molecule has 0 spiro atoms. The Hall–Kier alpha value is -2.39. The molecule has 0 radical (unpaired) electrons. The Morgan fingerprint density at radius 1 is 1.05 bits per heavy atom. The highest BCUT2D eigenvalue weighted by atomic mass is 35.5. The fraction of sp³-hybridized carbons (Fsp3) is 0.111. The van der Waals surface area contributed by atoms with Gasteiger partial charge in [0.1, 0.15) is 5.88 Å². The van der Waals surface area contributed by atoms with Crippen molar-refractivity contribution in [2.75, 3.05) is 11.2 Å². The second-order valence-electron chi connectivity index (χ2n) is 4.87. The van der Waals surface area contributed by atoms with E-state index in [2.05, 4.69) is 5.32 Å². The summed E-state index contributed by atoms with van der Waals surface area (Å²) in [6.07, 6.45) is 3.32. The average Bonchev–Trinajstić information content (AvgIpc) is 2.54. The fourth-order valence-electron chi connectivity index (χ4n) is 1.86. The number of nitrogens with one attached hydrogen (secondary N) is 1. The number of benzene rings is 2. The number of carbonyl (C=O) groups excluding carboxylic acids is 2. The van der Waals surface area contributed by atoms with Crippen molar-refractivity contribution in [2.24, 2.45) is 0 Å². The molecule has 0 fully saturated rings. The molecule has 0 aromatic heterocycles. The zero-order chi connectivity index (χ0) is 15.9. The summed E-state index contributed by atoms with van der Waals surface area (Å²) in [7, 11) is 0. The quantitative estimate of drug-likeness (QED) is 0.514. The number of carbonyl (C=O) groups is 2. The number of ketones is 1. The van der Waals surface area contributed by atoms with Gasteiger partial charge in [0.15, 0.2) is 5.78 Å². The molecule has 0 atom stereocenters. The first-order valence-electron chi connectivity index (χ1n) is 6.83. The van der Waals surface area contributed by atoms with Gasteiger partial charge in [-0.25, -0.2) is 0 Å². The van der Waals surface area contributed by atoms with Gasteiger partial charge in [0.05, 0.1) is 0 Å². The molecule has 3 nitrogen and oxygen atoms in total. The summed E-state index contributed by atoms with van der Waals surface area (Å²) in [4.78, 5) is 23.2. The van der Waals surface area contributed by atoms with E-state index >= 15 is 0 Å². The highest BCUT2D eigenvalue weighted by molar-refractivity contribution is 6.29. The largest absolute Gasteiger partial charge is 0.325 e. The van der Waals surface area contributed by atoms with Gasteiger partial charge in [-0.05, 0) is 42.8 Å². The van der Waals surface area contributed by atoms with Gasteiger partial charge >= 0.3 is 0 Å². The maximum atomic E-state index is 12.1. The summed E-state index contributed by atoms with van der Waals surface area (Å²) in [5.74, 6) is -0.462. The molecular weight excluding hydrogens is 298 g/mol. The Kier molecular flexibility index (Phi) is 5.50. The van der Waals surface area contributed by atoms with Gasteiger partial charge in [-0.1, -0.05) is 35.9 Å². The molecule has 0 saturated carbocycles. The normalized spacial score (nSPS) is 10.6. The minimum Gasteiger partial charge on any atom is -0.325 e. The van der Waals surface area contributed by atoms with Crippen LogP contribution in [-0.2, 0) is 4.79 Å². The van der Waals surface area contributed by atoms with E-state index in [-0.39, 0.29) is 17.6 Å². The maximum absolute atomic E-state index is 12.1. The van der Waals surface area contributed by atoms with Crippen molar-refractivity contribution < 1.29 is 9.59 Å². The first-order valence-corrected chi connectivity index (χ1v) is 7.37. The lowest BCUT2D eigenvalue weighted by Crippen LogP contribution is -2.12. The second-order valence-corrected chi connectivity index (χ2v) is 5.13. The van der Waals surface area contributed by atoms with Gasteiger partial charge in [0, 0.05) is 11.3 Å². The average molecular weight is 314 g/mol. The summed E-state index contributed by atoms with van der Waals surface area (Å²) in [5.41, 5.74) is 3.33. The molecule has 2 aromatic rings. The van der Waals surface area contributed by atoms with E-state index in [1.807, 2.05) is 31.2 Å². The van der Waals surface area contributed by atoms with Gasteiger partial charge in [0.25, 0.3) is 0 Å². The number of anilines is 1. The smallest absolute Gasteiger partial charge is 0.239 e. The van der Waals surface area contributed by atoms with Crippen LogP contribution in [0, 0.1) is 6.92 Å². The Bertz CT molecular complexity index is 688. The highest BCUT2D eigenvalue weighted by Crippen LogP contribution is 2.12. The monoisotopic (exact) mass is 313 g/mol. The van der Waals surface area contributed by atoms with E-state index in [1.54, 1.807) is 30.3 Å². The van der Waals surface area contributed by atoms with Gasteiger partial charge < -0.3 is 5.32 Å². The third-order valence-electron chi connectivity index (χ3n) is 3.08. The summed E-state index contributed by atoms with van der Waals surface area (Å²) in [6.45, 7) is 2.02. The van der Waals surface area contributed by atoms with Crippen LogP contribution in [0.15, 0.2) is 54.6 Å². The molecule has 0 unspecified atom stereocenters. The van der Waals surface area contributed by atoms with E-state index in [0.29, 0.717) is 11.3 Å². The van der Waals surface area contributed by atoms with Crippen molar-refractivity contribution in [1.82, 2.24) is 0 Å². The summed E-state index contributed by atoms with van der Waals surface area (Å²) in [6, 6.07) is 14.6. The van der Waals surface area contributed by atoms with Crippen molar-refractivity contribution in [2.45, 2.75) is 6.92 Å². The zero-order valence-electron chi connectivity index (χ0n) is 12.2. The number of hydrogen-bond acceptors (Lipinski definition) is 2. The summed E-state index contributed by atoms with van der Waals surface area (Å²) in [5, 5.41) is 2.62. The lowest BCUT2D eigenvalue weighted by molar-refractivity contribution is -0.113. The lowest BCUT2D eigenvalue weighted by Gasteiger charge is -2.03. The Morgan fingerprint density at radius 2 is 1.68 bits per heavy atom. The number of allylic oxidation sites excluding steroid dienone is 1. The van der Waals surface area contributed by atoms with Crippen LogP contribution in [0.3, 0.4) is 0 Å². The van der Waals surface area contributed by atoms with Gasteiger partial charge in [-0.3, -0.25) is 9.59 Å². The van der Waals surface area contributed by atoms with Gasteiger partial charge in [-0.2, -0.15) is 0 Å². The molecular formula is C18H16ClNO2. The Labute approximate surface area is 134 Å². The first-order chi connectivity index (χ1) is 10.6. The molecule has 0 aliphatic heterocycles. The number of hydrogen-bond donors (Lipinski definition) is 1. The van der Waals surface area contributed by atoms with Crippen molar-refractivity contribution >= 4 is 35.1 Å². The molecule has 22 heavy (non-hydrogen) atoms. The predicted molar refractivity (Wildman–Crippen MR) is 90.3 cm³/mol. The third kappa shape index (κ3) is 4.57. The standard InChI is InChI=1S/C18H16ClNO2/c1-13-2-4-14(5-3-13)6-11-17(21)15-7-9-16(10-8-15)20-18(22)12-19/h2-11H,12H2,1H3,(H,20,22)/b11-6+. The molecule has 0 saturated heterocycles. The fourth-order valence-corrected chi connectivity index (χ4v) is 1.92. The molecule has 1 amide bonds. The SMILES string of the molecule is Cc1ccc(/C=C/C(=O)c2ccc(NC(=O)CCl)cc2)cc1. The van der Waals surface area contributed by atoms with Crippen LogP contribution in [0.25, 0.3) is 6.08 Å². The van der Waals surface area contributed by atoms with E-state index in [9.17, 15) is 9.59 Å². The van der Waals surface area contributed by atoms with Crippen LogP contribution in [0.4, 0.5) is 5.69 Å². The molecule has 0 heterocycles.